The topological polar surface area (TPSA) is 78.9 Å². The third kappa shape index (κ3) is 4.35. The van der Waals surface area contributed by atoms with Crippen LogP contribution >= 0.6 is 0 Å². The second-order valence-electron chi connectivity index (χ2n) is 11.3. The van der Waals surface area contributed by atoms with Crippen molar-refractivity contribution in [3.8, 4) is 0 Å². The molecule has 4 aliphatic rings. The number of rotatable bonds is 5. The number of hydrogen-bond acceptors (Lipinski definition) is 6. The Bertz CT molecular complexity index is 832. The van der Waals surface area contributed by atoms with Crippen LogP contribution in [-0.4, -0.2) is 36.7 Å². The van der Waals surface area contributed by atoms with Crippen molar-refractivity contribution < 1.29 is 28.6 Å². The molecule has 8 atom stereocenters. The second kappa shape index (κ2) is 9.07. The van der Waals surface area contributed by atoms with Gasteiger partial charge in [-0.1, -0.05) is 18.6 Å². The molecule has 0 aromatic carbocycles. The molecule has 0 aromatic heterocycles. The van der Waals surface area contributed by atoms with Gasteiger partial charge in [-0.3, -0.25) is 14.4 Å². The molecule has 0 bridgehead atoms. The third-order valence-electron chi connectivity index (χ3n) is 9.57. The Hall–Kier alpha value is -1.85. The van der Waals surface area contributed by atoms with Crippen molar-refractivity contribution in [2.75, 3.05) is 6.61 Å². The van der Waals surface area contributed by atoms with Crippen LogP contribution in [0.1, 0.15) is 86.0 Å². The first-order valence-corrected chi connectivity index (χ1v) is 12.7. The number of fused-ring (bicyclic) bond motifs is 5. The number of esters is 3. The summed E-state index contributed by atoms with van der Waals surface area (Å²) in [5.74, 6) is 0.967. The molecule has 33 heavy (non-hydrogen) atoms. The number of carbonyl (C=O) groups is 3. The first kappa shape index (κ1) is 24.3. The zero-order valence-electron chi connectivity index (χ0n) is 20.9. The smallest absolute Gasteiger partial charge is 0.302 e. The molecular formula is C27H40O6. The minimum atomic E-state index is -0.252. The minimum Gasteiger partial charge on any atom is -0.465 e. The van der Waals surface area contributed by atoms with Crippen molar-refractivity contribution >= 4 is 17.9 Å². The average molecular weight is 461 g/mol. The van der Waals surface area contributed by atoms with Gasteiger partial charge in [-0.15, -0.1) is 0 Å². The molecule has 6 heteroatoms. The molecule has 0 saturated heterocycles. The van der Waals surface area contributed by atoms with Gasteiger partial charge in [0.1, 0.15) is 12.2 Å². The SMILES string of the molecule is CC(=O)OC[C@]12CC=C3[C@@H](CCC4CC(OC(C)=O)CC[C@]34C)[C@@H]1CC[C@@H]2C(C)OC(C)=O. The van der Waals surface area contributed by atoms with Crippen LogP contribution in [-0.2, 0) is 28.6 Å². The van der Waals surface area contributed by atoms with Crippen LogP contribution in [0, 0.1) is 34.5 Å². The van der Waals surface area contributed by atoms with Crippen molar-refractivity contribution in [1.29, 1.82) is 0 Å². The van der Waals surface area contributed by atoms with E-state index in [-0.39, 0.29) is 46.9 Å². The fourth-order valence-corrected chi connectivity index (χ4v) is 8.25. The highest BCUT2D eigenvalue weighted by atomic mass is 16.5. The van der Waals surface area contributed by atoms with Crippen LogP contribution in [0.2, 0.25) is 0 Å². The maximum Gasteiger partial charge on any atom is 0.302 e. The largest absolute Gasteiger partial charge is 0.465 e. The molecule has 0 N–H and O–H groups in total. The summed E-state index contributed by atoms with van der Waals surface area (Å²) in [6.45, 7) is 9.27. The van der Waals surface area contributed by atoms with Crippen molar-refractivity contribution in [2.45, 2.75) is 98.2 Å². The summed E-state index contributed by atoms with van der Waals surface area (Å²) in [5, 5.41) is 0. The van der Waals surface area contributed by atoms with Crippen LogP contribution < -0.4 is 0 Å². The molecule has 0 heterocycles. The Balaban J connectivity index is 1.62. The Morgan fingerprint density at radius 2 is 1.79 bits per heavy atom. The van der Waals surface area contributed by atoms with Gasteiger partial charge in [-0.25, -0.2) is 0 Å². The van der Waals surface area contributed by atoms with E-state index < -0.39 is 0 Å². The molecule has 4 aliphatic carbocycles. The van der Waals surface area contributed by atoms with E-state index in [9.17, 15) is 14.4 Å². The van der Waals surface area contributed by atoms with E-state index in [4.69, 9.17) is 14.2 Å². The van der Waals surface area contributed by atoms with Gasteiger partial charge < -0.3 is 14.2 Å². The molecule has 0 radical (unpaired) electrons. The Morgan fingerprint density at radius 3 is 2.45 bits per heavy atom. The highest BCUT2D eigenvalue weighted by Crippen LogP contribution is 2.66. The predicted molar refractivity (Wildman–Crippen MR) is 123 cm³/mol. The van der Waals surface area contributed by atoms with E-state index in [1.165, 1.54) is 20.8 Å². The fourth-order valence-electron chi connectivity index (χ4n) is 8.25. The number of hydrogen-bond donors (Lipinski definition) is 0. The van der Waals surface area contributed by atoms with Gasteiger partial charge in [0, 0.05) is 32.1 Å². The van der Waals surface area contributed by atoms with E-state index in [1.807, 2.05) is 6.92 Å². The molecule has 4 rings (SSSR count). The Labute approximate surface area is 197 Å². The van der Waals surface area contributed by atoms with Crippen molar-refractivity contribution in [3.63, 3.8) is 0 Å². The third-order valence-corrected chi connectivity index (χ3v) is 9.57. The quantitative estimate of drug-likeness (QED) is 0.327. The molecule has 3 saturated carbocycles. The minimum absolute atomic E-state index is 0.0461. The summed E-state index contributed by atoms with van der Waals surface area (Å²) in [6, 6.07) is 0. The van der Waals surface area contributed by atoms with Gasteiger partial charge in [0.2, 0.25) is 0 Å². The van der Waals surface area contributed by atoms with Gasteiger partial charge in [-0.05, 0) is 81.5 Å². The van der Waals surface area contributed by atoms with Crippen molar-refractivity contribution in [3.05, 3.63) is 11.6 Å². The maximum atomic E-state index is 11.8. The first-order valence-electron chi connectivity index (χ1n) is 12.7. The summed E-state index contributed by atoms with van der Waals surface area (Å²) >= 11 is 0. The molecular weight excluding hydrogens is 420 g/mol. The van der Waals surface area contributed by atoms with Crippen LogP contribution in [0.3, 0.4) is 0 Å². The molecule has 0 aromatic rings. The lowest BCUT2D eigenvalue weighted by atomic mass is 9.48. The summed E-state index contributed by atoms with van der Waals surface area (Å²) in [5.41, 5.74) is 1.56. The zero-order valence-corrected chi connectivity index (χ0v) is 20.9. The molecule has 0 aliphatic heterocycles. The number of carbonyl (C=O) groups excluding carboxylic acids is 3. The summed E-state index contributed by atoms with van der Waals surface area (Å²) in [7, 11) is 0. The summed E-state index contributed by atoms with van der Waals surface area (Å²) in [6.07, 6.45) is 10.4. The van der Waals surface area contributed by atoms with Crippen LogP contribution in [0.15, 0.2) is 11.6 Å². The van der Waals surface area contributed by atoms with Crippen LogP contribution in [0.5, 0.6) is 0 Å². The van der Waals surface area contributed by atoms with Crippen molar-refractivity contribution in [1.82, 2.24) is 0 Å². The molecule has 3 fully saturated rings. The zero-order chi connectivity index (χ0) is 24.0. The van der Waals surface area contributed by atoms with E-state index in [2.05, 4.69) is 13.0 Å². The van der Waals surface area contributed by atoms with E-state index in [0.29, 0.717) is 24.4 Å². The number of ether oxygens (including phenoxy) is 3. The highest BCUT2D eigenvalue weighted by molar-refractivity contribution is 5.66. The standard InChI is InChI=1S/C27H40O6/c1-16(32-18(3)29)23-8-9-25-22-7-6-20-14-21(33-19(4)30)10-12-26(20,5)24(22)11-13-27(23,25)15-31-17(2)28/h11,16,20-23,25H,6-10,12-15H2,1-5H3/t16?,20?,21?,22-,23-,25+,26+,27+/m1/s1. The molecule has 3 unspecified atom stereocenters. The predicted octanol–water partition coefficient (Wildman–Crippen LogP) is 4.99. The first-order chi connectivity index (χ1) is 15.6. The average Bonchev–Trinajstić information content (AvgIpc) is 3.12. The maximum absolute atomic E-state index is 11.8. The van der Waals surface area contributed by atoms with Gasteiger partial charge in [0.25, 0.3) is 0 Å². The normalized spacial score (nSPS) is 40.4. The Morgan fingerprint density at radius 1 is 1.03 bits per heavy atom. The van der Waals surface area contributed by atoms with Crippen LogP contribution in [0.4, 0.5) is 0 Å². The van der Waals surface area contributed by atoms with Crippen molar-refractivity contribution in [2.24, 2.45) is 34.5 Å². The molecule has 0 spiro atoms. The lowest BCUT2D eigenvalue weighted by molar-refractivity contribution is -0.159. The summed E-state index contributed by atoms with van der Waals surface area (Å²) in [4.78, 5) is 35.0. The number of allylic oxidation sites excluding steroid dienone is 2. The molecule has 184 valence electrons. The van der Waals surface area contributed by atoms with E-state index in [0.717, 1.165) is 51.4 Å². The Kier molecular flexibility index (Phi) is 6.67. The van der Waals surface area contributed by atoms with Crippen LogP contribution in [0.25, 0.3) is 0 Å². The van der Waals surface area contributed by atoms with Gasteiger partial charge >= 0.3 is 17.9 Å². The van der Waals surface area contributed by atoms with E-state index >= 15 is 0 Å². The fraction of sp³-hybridized carbons (Fsp3) is 0.815. The monoisotopic (exact) mass is 460 g/mol. The second-order valence-corrected chi connectivity index (χ2v) is 11.3. The lowest BCUT2D eigenvalue weighted by Crippen LogP contribution is -2.52. The van der Waals surface area contributed by atoms with Gasteiger partial charge in [-0.2, -0.15) is 0 Å². The lowest BCUT2D eigenvalue weighted by Gasteiger charge is -2.57. The molecule has 6 nitrogen and oxygen atoms in total. The summed E-state index contributed by atoms with van der Waals surface area (Å²) < 4.78 is 16.9. The molecule has 0 amide bonds. The van der Waals surface area contributed by atoms with Gasteiger partial charge in [0.15, 0.2) is 0 Å². The highest BCUT2D eigenvalue weighted by Gasteiger charge is 2.60. The van der Waals surface area contributed by atoms with E-state index in [1.54, 1.807) is 5.57 Å². The van der Waals surface area contributed by atoms with Gasteiger partial charge in [0.05, 0.1) is 6.61 Å².